The lowest BCUT2D eigenvalue weighted by Crippen LogP contribution is -2.15. The molecule has 262 valence electrons. The summed E-state index contributed by atoms with van der Waals surface area (Å²) in [4.78, 5) is 10.3. The number of rotatable bonds is 4. The van der Waals surface area contributed by atoms with Crippen LogP contribution in [0.1, 0.15) is 0 Å². The minimum absolute atomic E-state index is 0.204. The first kappa shape index (κ1) is 35.6. The maximum atomic E-state index is 13.1. The van der Waals surface area contributed by atoms with E-state index in [-0.39, 0.29) is 25.5 Å². The van der Waals surface area contributed by atoms with Crippen LogP contribution in [0, 0.1) is 10.1 Å². The summed E-state index contributed by atoms with van der Waals surface area (Å²) < 4.78 is 75.0. The van der Waals surface area contributed by atoms with Crippen LogP contribution in [0.15, 0.2) is 83.8 Å². The molecule has 0 aliphatic carbocycles. The number of nitrogens with zero attached hydrogens (tertiary/aromatic N) is 1. The van der Waals surface area contributed by atoms with Crippen molar-refractivity contribution in [1.29, 1.82) is 0 Å². The van der Waals surface area contributed by atoms with E-state index >= 15 is 0 Å². The summed E-state index contributed by atoms with van der Waals surface area (Å²) in [5.74, 6) is 2.17. The molecular formula is C34H38N2O12S. The summed E-state index contributed by atoms with van der Waals surface area (Å²) in [6.07, 6.45) is 0. The number of hydrogen-bond donors (Lipinski definition) is 1. The van der Waals surface area contributed by atoms with Gasteiger partial charge in [0.05, 0.1) is 57.8 Å². The van der Waals surface area contributed by atoms with Crippen molar-refractivity contribution in [2.24, 2.45) is 0 Å². The molecule has 0 bridgehead atoms. The van der Waals surface area contributed by atoms with Gasteiger partial charge in [0.15, 0.2) is 27.9 Å². The van der Waals surface area contributed by atoms with Gasteiger partial charge in [0, 0.05) is 17.1 Å². The Morgan fingerprint density at radius 1 is 0.571 bits per heavy atom. The first-order chi connectivity index (χ1) is 23.9. The van der Waals surface area contributed by atoms with Crippen molar-refractivity contribution in [2.45, 2.75) is 4.90 Å². The third kappa shape index (κ3) is 10.4. The van der Waals surface area contributed by atoms with Gasteiger partial charge in [-0.25, -0.2) is 8.42 Å². The van der Waals surface area contributed by atoms with Crippen LogP contribution in [0.5, 0.6) is 23.0 Å². The number of nitro groups is 1. The van der Waals surface area contributed by atoms with Crippen molar-refractivity contribution in [3.05, 3.63) is 89.0 Å². The van der Waals surface area contributed by atoms with Gasteiger partial charge in [0.25, 0.3) is 15.7 Å². The first-order valence-electron chi connectivity index (χ1n) is 15.7. The highest BCUT2D eigenvalue weighted by Gasteiger charge is 2.25. The van der Waals surface area contributed by atoms with E-state index in [0.717, 1.165) is 6.07 Å². The van der Waals surface area contributed by atoms with E-state index in [4.69, 9.17) is 37.9 Å². The molecule has 4 aromatic rings. The van der Waals surface area contributed by atoms with Gasteiger partial charge in [0.2, 0.25) is 0 Å². The monoisotopic (exact) mass is 698 g/mol. The van der Waals surface area contributed by atoms with Crippen LogP contribution in [0.4, 0.5) is 11.4 Å². The molecule has 1 N–H and O–H groups in total. The topological polar surface area (TPSA) is 163 Å². The second-order valence-electron chi connectivity index (χ2n) is 10.4. The van der Waals surface area contributed by atoms with Gasteiger partial charge in [-0.3, -0.25) is 14.8 Å². The van der Waals surface area contributed by atoms with Crippen molar-refractivity contribution in [3.8, 4) is 23.0 Å². The Labute approximate surface area is 283 Å². The lowest BCUT2D eigenvalue weighted by Gasteiger charge is -2.17. The summed E-state index contributed by atoms with van der Waals surface area (Å²) >= 11 is 0. The fourth-order valence-electron chi connectivity index (χ4n) is 4.82. The highest BCUT2D eigenvalue weighted by Crippen LogP contribution is 2.37. The van der Waals surface area contributed by atoms with Crippen molar-refractivity contribution in [3.63, 3.8) is 0 Å². The SMILES string of the molecule is O=[N+]([O-])c1ccccc1S(=O)(=O)Nc1ccc2c3c(ccc2c1)OCCOCCOCCOc1ccccc1OCCOCCOCCO3. The molecular weight excluding hydrogens is 660 g/mol. The smallest absolute Gasteiger partial charge is 0.289 e. The molecule has 0 atom stereocenters. The Kier molecular flexibility index (Phi) is 13.2. The predicted octanol–water partition coefficient (Wildman–Crippen LogP) is 4.84. The molecule has 0 fully saturated rings. The van der Waals surface area contributed by atoms with E-state index in [9.17, 15) is 18.5 Å². The van der Waals surface area contributed by atoms with Crippen LogP contribution in [-0.2, 0) is 29.0 Å². The Bertz CT molecular complexity index is 1790. The second-order valence-corrected chi connectivity index (χ2v) is 12.1. The summed E-state index contributed by atoms with van der Waals surface area (Å²) in [6, 6.07) is 20.9. The van der Waals surface area contributed by atoms with Crippen molar-refractivity contribution in [2.75, 3.05) is 84.0 Å². The van der Waals surface area contributed by atoms with Crippen molar-refractivity contribution >= 4 is 32.2 Å². The Balaban J connectivity index is 1.24. The van der Waals surface area contributed by atoms with E-state index < -0.39 is 25.5 Å². The minimum atomic E-state index is -4.25. The average molecular weight is 699 g/mol. The Morgan fingerprint density at radius 3 is 1.67 bits per heavy atom. The predicted molar refractivity (Wildman–Crippen MR) is 180 cm³/mol. The van der Waals surface area contributed by atoms with Crippen molar-refractivity contribution < 1.29 is 51.2 Å². The van der Waals surface area contributed by atoms with Crippen LogP contribution in [0.2, 0.25) is 0 Å². The maximum Gasteiger partial charge on any atom is 0.289 e. The van der Waals surface area contributed by atoms with Crippen LogP contribution in [0.25, 0.3) is 10.8 Å². The van der Waals surface area contributed by atoms with Crippen LogP contribution in [-0.4, -0.2) is 92.6 Å². The van der Waals surface area contributed by atoms with Gasteiger partial charge < -0.3 is 37.9 Å². The molecule has 1 heterocycles. The largest absolute Gasteiger partial charge is 0.487 e. The van der Waals surface area contributed by atoms with E-state index in [2.05, 4.69) is 4.72 Å². The zero-order chi connectivity index (χ0) is 34.3. The molecule has 15 heteroatoms. The fraction of sp³-hybridized carbons (Fsp3) is 0.353. The first-order valence-corrected chi connectivity index (χ1v) is 17.1. The van der Waals surface area contributed by atoms with Crippen LogP contribution < -0.4 is 23.7 Å². The molecule has 0 spiro atoms. The Morgan fingerprint density at radius 2 is 1.08 bits per heavy atom. The lowest BCUT2D eigenvalue weighted by atomic mass is 10.1. The number of ether oxygens (including phenoxy) is 8. The number of benzene rings is 4. The molecule has 5 rings (SSSR count). The van der Waals surface area contributed by atoms with Gasteiger partial charge in [0.1, 0.15) is 26.4 Å². The summed E-state index contributed by atoms with van der Waals surface area (Å²) in [5.41, 5.74) is -0.301. The summed E-state index contributed by atoms with van der Waals surface area (Å²) in [5, 5.41) is 12.7. The third-order valence-electron chi connectivity index (χ3n) is 7.06. The second kappa shape index (κ2) is 18.2. The van der Waals surface area contributed by atoms with Gasteiger partial charge in [-0.15, -0.1) is 0 Å². The van der Waals surface area contributed by atoms with E-state index in [1.54, 1.807) is 30.3 Å². The maximum absolute atomic E-state index is 13.1. The quantitative estimate of drug-likeness (QED) is 0.228. The van der Waals surface area contributed by atoms with Gasteiger partial charge in [-0.1, -0.05) is 30.3 Å². The summed E-state index contributed by atoms with van der Waals surface area (Å²) in [7, 11) is -4.25. The molecule has 0 radical (unpaired) electrons. The normalized spacial score (nSPS) is 16.2. The van der Waals surface area contributed by atoms with Crippen LogP contribution in [0.3, 0.4) is 0 Å². The third-order valence-corrected chi connectivity index (χ3v) is 8.49. The fourth-order valence-corrected chi connectivity index (χ4v) is 6.04. The highest BCUT2D eigenvalue weighted by atomic mass is 32.2. The van der Waals surface area contributed by atoms with E-state index in [0.29, 0.717) is 93.2 Å². The van der Waals surface area contributed by atoms with Crippen LogP contribution >= 0.6 is 0 Å². The van der Waals surface area contributed by atoms with Gasteiger partial charge >= 0.3 is 0 Å². The zero-order valence-electron chi connectivity index (χ0n) is 26.7. The number of hydrogen-bond acceptors (Lipinski definition) is 12. The molecule has 0 aromatic heterocycles. The number of sulfonamides is 1. The van der Waals surface area contributed by atoms with Gasteiger partial charge in [-0.2, -0.15) is 0 Å². The minimum Gasteiger partial charge on any atom is -0.487 e. The zero-order valence-corrected chi connectivity index (χ0v) is 27.6. The molecule has 1 aliphatic heterocycles. The molecule has 0 saturated carbocycles. The Hall–Kier alpha value is -4.67. The molecule has 0 amide bonds. The van der Waals surface area contributed by atoms with Crippen molar-refractivity contribution in [1.82, 2.24) is 0 Å². The van der Waals surface area contributed by atoms with E-state index in [1.807, 2.05) is 24.3 Å². The van der Waals surface area contributed by atoms with Gasteiger partial charge in [-0.05, 0) is 47.9 Å². The highest BCUT2D eigenvalue weighted by molar-refractivity contribution is 7.92. The summed E-state index contributed by atoms with van der Waals surface area (Å²) in [6.45, 7) is 3.93. The number of fused-ring (bicyclic) bond motifs is 4. The molecule has 0 saturated heterocycles. The molecule has 1 aliphatic rings. The lowest BCUT2D eigenvalue weighted by molar-refractivity contribution is -0.387. The average Bonchev–Trinajstić information content (AvgIpc) is 3.10. The molecule has 4 aromatic carbocycles. The standard InChI is InChI=1S/C34H38N2O12S/c37-36(38)29-5-1-4-8-33(29)49(39,40)35-27-10-11-28-26(25-27)9-12-32-34(28)48-24-20-44-16-15-42-18-22-46-31-7-3-2-6-30(31)45-21-17-41-13-14-43-19-23-47-32/h1-12,25,35H,13-24H2. The number of anilines is 1. The number of nitrogens with one attached hydrogen (secondary N) is 1. The molecule has 0 unspecified atom stereocenters. The number of para-hydroxylation sites is 3. The number of nitro benzene ring substituents is 1. The molecule has 14 nitrogen and oxygen atoms in total. The molecule has 49 heavy (non-hydrogen) atoms. The van der Waals surface area contributed by atoms with E-state index in [1.165, 1.54) is 18.2 Å².